The van der Waals surface area contributed by atoms with E-state index in [4.69, 9.17) is 9.15 Å². The number of amides is 1. The molecule has 0 saturated carbocycles. The normalized spacial score (nSPS) is 16.1. The molecule has 1 aliphatic rings. The van der Waals surface area contributed by atoms with Crippen molar-refractivity contribution in [3.05, 3.63) is 59.9 Å². The molecule has 170 valence electrons. The molecular formula is C24H28N2O5S. The van der Waals surface area contributed by atoms with Gasteiger partial charge < -0.3 is 14.5 Å². The van der Waals surface area contributed by atoms with Crippen LogP contribution in [0.15, 0.2) is 57.8 Å². The number of ether oxygens (including phenoxy) is 1. The van der Waals surface area contributed by atoms with E-state index in [1.165, 1.54) is 0 Å². The molecule has 8 heteroatoms. The molecule has 1 fully saturated rings. The van der Waals surface area contributed by atoms with Crippen LogP contribution in [0.4, 0.5) is 0 Å². The van der Waals surface area contributed by atoms with Crippen molar-refractivity contribution in [2.24, 2.45) is 0 Å². The Labute approximate surface area is 188 Å². The van der Waals surface area contributed by atoms with Crippen LogP contribution in [-0.2, 0) is 21.2 Å². The van der Waals surface area contributed by atoms with Gasteiger partial charge in [-0.1, -0.05) is 30.7 Å². The number of piperidine rings is 1. The fraction of sp³-hybridized carbons (Fsp3) is 0.375. The van der Waals surface area contributed by atoms with Gasteiger partial charge in [-0.25, -0.2) is 8.42 Å². The quantitative estimate of drug-likeness (QED) is 0.580. The Hall–Kier alpha value is -2.84. The van der Waals surface area contributed by atoms with E-state index in [-0.39, 0.29) is 23.3 Å². The summed E-state index contributed by atoms with van der Waals surface area (Å²) in [5.74, 6) is 1.12. The fourth-order valence-corrected chi connectivity index (χ4v) is 5.53. The highest BCUT2D eigenvalue weighted by Crippen LogP contribution is 2.31. The maximum Gasteiger partial charge on any atom is 0.243 e. The minimum atomic E-state index is -3.47. The number of methoxy groups -OCH3 is 1. The standard InChI is InChI=1S/C24H28N2O5S/c1-17(22-16-19-7-6-8-21(30-2)24(19)31-22)25-23(27)15-18-9-11-20(12-10-18)32(28,29)26-13-4-3-5-14-26/h6-12,16-17H,3-5,13-15H2,1-2H3,(H,25,27). The van der Waals surface area contributed by atoms with Gasteiger partial charge in [0.05, 0.1) is 24.5 Å². The number of carbonyl (C=O) groups is 1. The highest BCUT2D eigenvalue weighted by Gasteiger charge is 2.25. The maximum atomic E-state index is 12.8. The van der Waals surface area contributed by atoms with Crippen molar-refractivity contribution in [2.45, 2.75) is 43.5 Å². The number of benzene rings is 2. The minimum Gasteiger partial charge on any atom is -0.493 e. The van der Waals surface area contributed by atoms with Crippen molar-refractivity contribution in [1.29, 1.82) is 0 Å². The Morgan fingerprint density at radius 1 is 1.12 bits per heavy atom. The van der Waals surface area contributed by atoms with Gasteiger partial charge in [0.1, 0.15) is 5.76 Å². The Morgan fingerprint density at radius 2 is 1.84 bits per heavy atom. The van der Waals surface area contributed by atoms with Crippen LogP contribution in [0.5, 0.6) is 5.75 Å². The Bertz CT molecular complexity index is 1190. The number of hydrogen-bond donors (Lipinski definition) is 1. The zero-order valence-corrected chi connectivity index (χ0v) is 19.2. The highest BCUT2D eigenvalue weighted by molar-refractivity contribution is 7.89. The first-order valence-corrected chi connectivity index (χ1v) is 12.3. The largest absolute Gasteiger partial charge is 0.493 e. The molecule has 1 amide bonds. The summed E-state index contributed by atoms with van der Waals surface area (Å²) in [7, 11) is -1.88. The number of fused-ring (bicyclic) bond motifs is 1. The smallest absolute Gasteiger partial charge is 0.243 e. The van der Waals surface area contributed by atoms with E-state index in [2.05, 4.69) is 5.32 Å². The molecule has 32 heavy (non-hydrogen) atoms. The molecule has 0 aliphatic carbocycles. The van der Waals surface area contributed by atoms with E-state index < -0.39 is 10.0 Å². The van der Waals surface area contributed by atoms with Crippen molar-refractivity contribution in [3.63, 3.8) is 0 Å². The molecule has 1 saturated heterocycles. The third-order valence-corrected chi connectivity index (χ3v) is 7.70. The molecule has 0 radical (unpaired) electrons. The second-order valence-electron chi connectivity index (χ2n) is 8.10. The van der Waals surface area contributed by atoms with Gasteiger partial charge in [0.2, 0.25) is 15.9 Å². The molecule has 2 heterocycles. The first kappa shape index (κ1) is 22.4. The van der Waals surface area contributed by atoms with Crippen molar-refractivity contribution in [1.82, 2.24) is 9.62 Å². The number of furan rings is 1. The van der Waals surface area contributed by atoms with Gasteiger partial charge in [-0.15, -0.1) is 0 Å². The van der Waals surface area contributed by atoms with Crippen LogP contribution < -0.4 is 10.1 Å². The minimum absolute atomic E-state index is 0.151. The summed E-state index contributed by atoms with van der Waals surface area (Å²) >= 11 is 0. The lowest BCUT2D eigenvalue weighted by Crippen LogP contribution is -2.35. The second kappa shape index (κ2) is 9.34. The molecule has 2 aromatic carbocycles. The predicted molar refractivity (Wildman–Crippen MR) is 122 cm³/mol. The van der Waals surface area contributed by atoms with Crippen LogP contribution in [0.1, 0.15) is 43.6 Å². The zero-order valence-electron chi connectivity index (χ0n) is 18.3. The molecule has 7 nitrogen and oxygen atoms in total. The molecule has 1 aliphatic heterocycles. The number of nitrogens with one attached hydrogen (secondary N) is 1. The number of nitrogens with zero attached hydrogens (tertiary/aromatic N) is 1. The second-order valence-corrected chi connectivity index (χ2v) is 10.0. The fourth-order valence-electron chi connectivity index (χ4n) is 4.01. The monoisotopic (exact) mass is 456 g/mol. The number of para-hydroxylation sites is 1. The van der Waals surface area contributed by atoms with Crippen molar-refractivity contribution in [2.75, 3.05) is 20.2 Å². The summed E-state index contributed by atoms with van der Waals surface area (Å²) in [4.78, 5) is 12.8. The topological polar surface area (TPSA) is 88.8 Å². The summed E-state index contributed by atoms with van der Waals surface area (Å²) in [5.41, 5.74) is 1.40. The first-order chi connectivity index (χ1) is 15.4. The van der Waals surface area contributed by atoms with E-state index >= 15 is 0 Å². The molecule has 1 aromatic heterocycles. The van der Waals surface area contributed by atoms with Gasteiger partial charge in [0.15, 0.2) is 11.3 Å². The molecule has 0 spiro atoms. The molecule has 1 unspecified atom stereocenters. The van der Waals surface area contributed by atoms with Crippen LogP contribution in [-0.4, -0.2) is 38.8 Å². The molecule has 4 rings (SSSR count). The predicted octanol–water partition coefficient (Wildman–Crippen LogP) is 4.04. The summed E-state index contributed by atoms with van der Waals surface area (Å²) < 4.78 is 38.3. The zero-order chi connectivity index (χ0) is 22.7. The van der Waals surface area contributed by atoms with E-state index in [9.17, 15) is 13.2 Å². The van der Waals surface area contributed by atoms with Gasteiger partial charge in [0.25, 0.3) is 0 Å². The first-order valence-electron chi connectivity index (χ1n) is 10.8. The van der Waals surface area contributed by atoms with Crippen LogP contribution in [0, 0.1) is 0 Å². The van der Waals surface area contributed by atoms with Crippen molar-refractivity contribution >= 4 is 26.9 Å². The van der Waals surface area contributed by atoms with Crippen molar-refractivity contribution < 1.29 is 22.4 Å². The van der Waals surface area contributed by atoms with Gasteiger partial charge in [-0.3, -0.25) is 4.79 Å². The Balaban J connectivity index is 1.40. The number of hydrogen-bond acceptors (Lipinski definition) is 5. The lowest BCUT2D eigenvalue weighted by atomic mass is 10.1. The summed E-state index contributed by atoms with van der Waals surface area (Å²) in [6.45, 7) is 2.99. The van der Waals surface area contributed by atoms with Gasteiger partial charge in [0, 0.05) is 18.5 Å². The Kier molecular flexibility index (Phi) is 6.53. The van der Waals surface area contributed by atoms with E-state index in [0.717, 1.165) is 30.2 Å². The van der Waals surface area contributed by atoms with E-state index in [0.29, 0.717) is 30.2 Å². The summed E-state index contributed by atoms with van der Waals surface area (Å²) in [6, 6.07) is 13.8. The average molecular weight is 457 g/mol. The third kappa shape index (κ3) is 4.66. The van der Waals surface area contributed by atoms with Crippen LogP contribution >= 0.6 is 0 Å². The van der Waals surface area contributed by atoms with Gasteiger partial charge in [-0.2, -0.15) is 4.31 Å². The van der Waals surface area contributed by atoms with E-state index in [1.54, 1.807) is 35.7 Å². The molecule has 0 bridgehead atoms. The van der Waals surface area contributed by atoms with Crippen LogP contribution in [0.25, 0.3) is 11.0 Å². The number of rotatable bonds is 7. The number of sulfonamides is 1. The molecular weight excluding hydrogens is 428 g/mol. The lowest BCUT2D eigenvalue weighted by molar-refractivity contribution is -0.121. The Morgan fingerprint density at radius 3 is 2.53 bits per heavy atom. The maximum absolute atomic E-state index is 12.8. The van der Waals surface area contributed by atoms with Gasteiger partial charge in [-0.05, 0) is 49.6 Å². The lowest BCUT2D eigenvalue weighted by Gasteiger charge is -2.25. The molecule has 1 N–H and O–H groups in total. The van der Waals surface area contributed by atoms with Crippen LogP contribution in [0.3, 0.4) is 0 Å². The highest BCUT2D eigenvalue weighted by atomic mass is 32.2. The SMILES string of the molecule is COc1cccc2cc(C(C)NC(=O)Cc3ccc(S(=O)(=O)N4CCCCC4)cc3)oc12. The molecule has 3 aromatic rings. The summed E-state index contributed by atoms with van der Waals surface area (Å²) in [5, 5.41) is 3.85. The molecule has 1 atom stereocenters. The third-order valence-electron chi connectivity index (χ3n) is 5.79. The van der Waals surface area contributed by atoms with E-state index in [1.807, 2.05) is 31.2 Å². The van der Waals surface area contributed by atoms with Crippen molar-refractivity contribution in [3.8, 4) is 5.75 Å². The van der Waals surface area contributed by atoms with Gasteiger partial charge >= 0.3 is 0 Å². The number of carbonyl (C=O) groups excluding carboxylic acids is 1. The summed E-state index contributed by atoms with van der Waals surface area (Å²) in [6.07, 6.45) is 3.01. The van der Waals surface area contributed by atoms with Crippen LogP contribution in [0.2, 0.25) is 0 Å². The average Bonchev–Trinajstić information content (AvgIpc) is 3.25.